The van der Waals surface area contributed by atoms with E-state index < -0.39 is 11.7 Å². The average Bonchev–Trinajstić information content (AvgIpc) is 3.00. The number of amides is 1. The fourth-order valence-corrected chi connectivity index (χ4v) is 5.46. The summed E-state index contributed by atoms with van der Waals surface area (Å²) in [7, 11) is 3.04. The number of hydrogen-bond donors (Lipinski definition) is 1. The van der Waals surface area contributed by atoms with Crippen LogP contribution in [0.5, 0.6) is 11.5 Å². The first-order valence-electron chi connectivity index (χ1n) is 15.1. The van der Waals surface area contributed by atoms with Gasteiger partial charge in [-0.05, 0) is 73.0 Å². The Morgan fingerprint density at radius 1 is 0.884 bits per heavy atom. The Morgan fingerprint density at radius 2 is 1.60 bits per heavy atom. The van der Waals surface area contributed by atoms with Gasteiger partial charge in [0.15, 0.2) is 11.5 Å². The van der Waals surface area contributed by atoms with E-state index in [4.69, 9.17) is 14.2 Å². The number of carbonyl (C=O) groups excluding carboxylic acids is 3. The molecule has 8 nitrogen and oxygen atoms in total. The number of piperidine rings is 1. The number of benzene rings is 3. The predicted octanol–water partition coefficient (Wildman–Crippen LogP) is 6.44. The zero-order valence-electron chi connectivity index (χ0n) is 26.1. The van der Waals surface area contributed by atoms with Gasteiger partial charge in [-0.1, -0.05) is 51.5 Å². The van der Waals surface area contributed by atoms with Gasteiger partial charge in [0.05, 0.1) is 18.4 Å². The van der Waals surface area contributed by atoms with Crippen molar-refractivity contribution in [3.8, 4) is 11.5 Å². The molecule has 1 fully saturated rings. The summed E-state index contributed by atoms with van der Waals surface area (Å²) in [5.41, 5.74) is 1.44. The van der Waals surface area contributed by atoms with Crippen LogP contribution in [0.4, 0.5) is 5.69 Å². The minimum Gasteiger partial charge on any atom is -0.494 e. The molecule has 1 aliphatic rings. The molecule has 1 saturated heterocycles. The van der Waals surface area contributed by atoms with Gasteiger partial charge in [-0.25, -0.2) is 0 Å². The second-order valence-electron chi connectivity index (χ2n) is 12.1. The lowest BCUT2D eigenvalue weighted by atomic mass is 9.84. The summed E-state index contributed by atoms with van der Waals surface area (Å²) in [5, 5.41) is 4.17. The van der Waals surface area contributed by atoms with Crippen LogP contribution in [0.2, 0.25) is 0 Å². The highest BCUT2D eigenvalue weighted by atomic mass is 16.5. The molecule has 1 amide bonds. The Hall–Kier alpha value is -3.75. The van der Waals surface area contributed by atoms with Gasteiger partial charge in [-0.2, -0.15) is 0 Å². The van der Waals surface area contributed by atoms with E-state index in [9.17, 15) is 14.4 Å². The second-order valence-corrected chi connectivity index (χ2v) is 12.1. The zero-order valence-corrected chi connectivity index (χ0v) is 26.1. The summed E-state index contributed by atoms with van der Waals surface area (Å²) in [6.07, 6.45) is 4.56. The maximum Gasteiger partial charge on any atom is 0.296 e. The van der Waals surface area contributed by atoms with Crippen LogP contribution in [0.1, 0.15) is 79.2 Å². The third-order valence-electron chi connectivity index (χ3n) is 7.91. The van der Waals surface area contributed by atoms with Crippen molar-refractivity contribution >= 4 is 33.9 Å². The van der Waals surface area contributed by atoms with E-state index in [2.05, 4.69) is 10.2 Å². The molecule has 0 aliphatic carbocycles. The van der Waals surface area contributed by atoms with E-state index in [0.29, 0.717) is 36.3 Å². The van der Waals surface area contributed by atoms with Crippen LogP contribution in [0.25, 0.3) is 10.8 Å². The standard InChI is InChI=1S/C35H44N2O6/c1-35(2,3)24-22-28(30(38)14-11-20-41-4)33(42-5)29(23-24)36-34(40)32(39)27-15-16-31(26-13-8-7-12-25(26)27)43-21-19-37-17-9-6-10-18-37/h7-8,12-13,15-16,22-23H,6,9-11,14,17-21H2,1-5H3,(H,36,40). The number of methoxy groups -OCH3 is 2. The van der Waals surface area contributed by atoms with E-state index in [0.717, 1.165) is 30.6 Å². The monoisotopic (exact) mass is 588 g/mol. The van der Waals surface area contributed by atoms with Crippen molar-refractivity contribution in [2.45, 2.75) is 58.3 Å². The highest BCUT2D eigenvalue weighted by Crippen LogP contribution is 2.37. The van der Waals surface area contributed by atoms with Crippen LogP contribution in [0, 0.1) is 0 Å². The van der Waals surface area contributed by atoms with E-state index in [1.54, 1.807) is 25.3 Å². The first kappa shape index (κ1) is 32.2. The molecule has 3 aromatic rings. The van der Waals surface area contributed by atoms with Gasteiger partial charge >= 0.3 is 0 Å². The van der Waals surface area contributed by atoms with Gasteiger partial charge in [-0.3, -0.25) is 19.3 Å². The van der Waals surface area contributed by atoms with Crippen LogP contribution in [0.15, 0.2) is 48.5 Å². The molecule has 0 saturated carbocycles. The lowest BCUT2D eigenvalue weighted by Gasteiger charge is -2.26. The summed E-state index contributed by atoms with van der Waals surface area (Å²) in [6.45, 7) is 10.1. The molecule has 0 unspecified atom stereocenters. The maximum absolute atomic E-state index is 13.6. The molecule has 43 heavy (non-hydrogen) atoms. The Balaban J connectivity index is 1.59. The number of hydrogen-bond acceptors (Lipinski definition) is 7. The minimum absolute atomic E-state index is 0.122. The van der Waals surface area contributed by atoms with Crippen LogP contribution in [-0.2, 0) is 14.9 Å². The number of carbonyl (C=O) groups is 3. The Labute approximate surface area is 254 Å². The minimum atomic E-state index is -0.814. The summed E-state index contributed by atoms with van der Waals surface area (Å²) in [6, 6.07) is 14.4. The van der Waals surface area contributed by atoms with E-state index in [1.807, 2.05) is 51.1 Å². The molecular weight excluding hydrogens is 544 g/mol. The summed E-state index contributed by atoms with van der Waals surface area (Å²) < 4.78 is 16.9. The fourth-order valence-electron chi connectivity index (χ4n) is 5.46. The molecule has 0 spiro atoms. The van der Waals surface area contributed by atoms with Crippen LogP contribution < -0.4 is 14.8 Å². The molecule has 0 aromatic heterocycles. The van der Waals surface area contributed by atoms with Crippen molar-refractivity contribution in [1.29, 1.82) is 0 Å². The summed E-state index contributed by atoms with van der Waals surface area (Å²) in [5.74, 6) is -0.707. The van der Waals surface area contributed by atoms with Crippen molar-refractivity contribution in [2.24, 2.45) is 0 Å². The Morgan fingerprint density at radius 3 is 2.28 bits per heavy atom. The van der Waals surface area contributed by atoms with Crippen molar-refractivity contribution in [3.05, 3.63) is 65.2 Å². The molecule has 0 bridgehead atoms. The number of fused-ring (bicyclic) bond motifs is 1. The van der Waals surface area contributed by atoms with Gasteiger partial charge in [0.1, 0.15) is 12.4 Å². The predicted molar refractivity (Wildman–Crippen MR) is 170 cm³/mol. The molecule has 4 rings (SSSR count). The van der Waals surface area contributed by atoms with Gasteiger partial charge in [-0.15, -0.1) is 0 Å². The topological polar surface area (TPSA) is 94.2 Å². The zero-order chi connectivity index (χ0) is 31.0. The van der Waals surface area contributed by atoms with Gasteiger partial charge in [0.25, 0.3) is 11.7 Å². The molecule has 8 heteroatoms. The van der Waals surface area contributed by atoms with Crippen LogP contribution in [-0.4, -0.2) is 69.4 Å². The lowest BCUT2D eigenvalue weighted by Crippen LogP contribution is -2.33. The highest BCUT2D eigenvalue weighted by Gasteiger charge is 2.26. The molecular formula is C35H44N2O6. The van der Waals surface area contributed by atoms with Crippen molar-refractivity contribution in [1.82, 2.24) is 4.90 Å². The van der Waals surface area contributed by atoms with Gasteiger partial charge in [0, 0.05) is 37.6 Å². The smallest absolute Gasteiger partial charge is 0.296 e. The molecule has 3 aromatic carbocycles. The maximum atomic E-state index is 13.6. The largest absolute Gasteiger partial charge is 0.494 e. The molecule has 1 N–H and O–H groups in total. The van der Waals surface area contributed by atoms with Crippen LogP contribution in [0.3, 0.4) is 0 Å². The number of nitrogens with zero attached hydrogens (tertiary/aromatic N) is 1. The molecule has 1 aliphatic heterocycles. The number of rotatable bonds is 13. The first-order valence-corrected chi connectivity index (χ1v) is 15.1. The van der Waals surface area contributed by atoms with E-state index in [1.165, 1.54) is 26.4 Å². The van der Waals surface area contributed by atoms with Gasteiger partial charge in [0.2, 0.25) is 0 Å². The third kappa shape index (κ3) is 8.00. The highest BCUT2D eigenvalue weighted by molar-refractivity contribution is 6.48. The Kier molecular flexibility index (Phi) is 10.9. The van der Waals surface area contributed by atoms with E-state index >= 15 is 0 Å². The Bertz CT molecular complexity index is 1450. The molecule has 1 heterocycles. The van der Waals surface area contributed by atoms with Crippen molar-refractivity contribution in [2.75, 3.05) is 52.4 Å². The number of ether oxygens (including phenoxy) is 3. The molecule has 0 radical (unpaired) electrons. The first-order chi connectivity index (χ1) is 20.6. The summed E-state index contributed by atoms with van der Waals surface area (Å²) >= 11 is 0. The van der Waals surface area contributed by atoms with E-state index in [-0.39, 0.29) is 34.6 Å². The second kappa shape index (κ2) is 14.6. The molecule has 0 atom stereocenters. The number of Topliss-reactive ketones (excluding diaryl/α,β-unsaturated/α-hetero) is 2. The van der Waals surface area contributed by atoms with Gasteiger partial charge < -0.3 is 19.5 Å². The average molecular weight is 589 g/mol. The fraction of sp³-hybridized carbons (Fsp3) is 0.457. The van der Waals surface area contributed by atoms with Crippen molar-refractivity contribution < 1.29 is 28.6 Å². The third-order valence-corrected chi connectivity index (χ3v) is 7.91. The number of ketones is 2. The molecule has 230 valence electrons. The quantitative estimate of drug-likeness (QED) is 0.139. The van der Waals surface area contributed by atoms with Crippen molar-refractivity contribution in [3.63, 3.8) is 0 Å². The number of anilines is 1. The summed E-state index contributed by atoms with van der Waals surface area (Å²) in [4.78, 5) is 42.6. The number of likely N-dealkylation sites (tertiary alicyclic amines) is 1. The lowest BCUT2D eigenvalue weighted by molar-refractivity contribution is -0.112. The normalized spacial score (nSPS) is 14.0. The van der Waals surface area contributed by atoms with Crippen LogP contribution >= 0.6 is 0 Å². The number of nitrogens with one attached hydrogen (secondary N) is 1. The SMILES string of the molecule is COCCCC(=O)c1cc(C(C)(C)C)cc(NC(=O)C(=O)c2ccc(OCCN3CCCCC3)c3ccccc23)c1OC.